The molecular formula is C19H23N5O4S. The predicted octanol–water partition coefficient (Wildman–Crippen LogP) is 2.56. The molecule has 0 fully saturated rings. The Morgan fingerprint density at radius 1 is 1.34 bits per heavy atom. The van der Waals surface area contributed by atoms with E-state index in [1.165, 1.54) is 19.1 Å². The molecule has 9 nitrogen and oxygen atoms in total. The standard InChI is InChI=1S/C19H23N5O4S/c1-13-16(24-19(29-13)23(2)12-20-24)9-10-21-28-11-14-7-5-6-8-15(14)17(22-27-4)18(25)26-3/h5-8,10,12,19H,9,11H2,1-4H3/b21-10?,22-17+. The summed E-state index contributed by atoms with van der Waals surface area (Å²) in [5.41, 5.74) is 2.67. The molecular weight excluding hydrogens is 394 g/mol. The van der Waals surface area contributed by atoms with Gasteiger partial charge in [0.1, 0.15) is 20.1 Å². The summed E-state index contributed by atoms with van der Waals surface area (Å²) < 4.78 is 4.78. The van der Waals surface area contributed by atoms with E-state index in [9.17, 15) is 4.79 Å². The minimum Gasteiger partial charge on any atom is -0.464 e. The number of methoxy groups -OCH3 is 1. The minimum atomic E-state index is -0.588. The number of rotatable bonds is 8. The van der Waals surface area contributed by atoms with Gasteiger partial charge in [-0.2, -0.15) is 5.10 Å². The molecule has 0 N–H and O–H groups in total. The van der Waals surface area contributed by atoms with E-state index in [0.29, 0.717) is 12.0 Å². The van der Waals surface area contributed by atoms with Crippen LogP contribution in [0.2, 0.25) is 0 Å². The van der Waals surface area contributed by atoms with Gasteiger partial charge in [-0.05, 0) is 6.92 Å². The largest absolute Gasteiger partial charge is 0.464 e. The van der Waals surface area contributed by atoms with Crippen molar-refractivity contribution in [2.24, 2.45) is 15.4 Å². The molecule has 1 aromatic carbocycles. The zero-order valence-electron chi connectivity index (χ0n) is 16.7. The van der Waals surface area contributed by atoms with Crippen LogP contribution in [0, 0.1) is 0 Å². The first-order valence-corrected chi connectivity index (χ1v) is 9.78. The van der Waals surface area contributed by atoms with Crippen LogP contribution in [0.1, 0.15) is 24.5 Å². The van der Waals surface area contributed by atoms with Gasteiger partial charge in [0.25, 0.3) is 0 Å². The van der Waals surface area contributed by atoms with Crippen molar-refractivity contribution in [3.8, 4) is 0 Å². The Morgan fingerprint density at radius 2 is 2.14 bits per heavy atom. The van der Waals surface area contributed by atoms with Crippen LogP contribution in [0.4, 0.5) is 0 Å². The molecule has 10 heteroatoms. The zero-order chi connectivity index (χ0) is 20.8. The molecule has 0 aromatic heterocycles. The first kappa shape index (κ1) is 20.7. The third-order valence-corrected chi connectivity index (χ3v) is 5.70. The van der Waals surface area contributed by atoms with Gasteiger partial charge >= 0.3 is 5.97 Å². The van der Waals surface area contributed by atoms with Gasteiger partial charge in [0.2, 0.25) is 0 Å². The summed E-state index contributed by atoms with van der Waals surface area (Å²) in [6, 6.07) is 7.23. The second-order valence-electron chi connectivity index (χ2n) is 6.22. The number of fused-ring (bicyclic) bond motifs is 1. The molecule has 29 heavy (non-hydrogen) atoms. The average Bonchev–Trinajstić information content (AvgIpc) is 3.24. The van der Waals surface area contributed by atoms with Crippen molar-refractivity contribution in [3.63, 3.8) is 0 Å². The highest BCUT2D eigenvalue weighted by atomic mass is 32.2. The Balaban J connectivity index is 1.61. The molecule has 0 radical (unpaired) electrons. The molecule has 1 unspecified atom stereocenters. The van der Waals surface area contributed by atoms with E-state index in [0.717, 1.165) is 11.3 Å². The van der Waals surface area contributed by atoms with Gasteiger partial charge in [0.05, 0.1) is 12.8 Å². The lowest BCUT2D eigenvalue weighted by molar-refractivity contribution is -0.132. The minimum absolute atomic E-state index is 0.0731. The third kappa shape index (κ3) is 4.53. The fraction of sp³-hybridized carbons (Fsp3) is 0.368. The van der Waals surface area contributed by atoms with E-state index in [2.05, 4.69) is 27.2 Å². The Labute approximate surface area is 173 Å². The summed E-state index contributed by atoms with van der Waals surface area (Å²) >= 11 is 1.76. The molecule has 2 heterocycles. The lowest BCUT2D eigenvalue weighted by Crippen LogP contribution is -2.30. The lowest BCUT2D eigenvalue weighted by Gasteiger charge is -2.21. The van der Waals surface area contributed by atoms with E-state index in [4.69, 9.17) is 14.4 Å². The number of carbonyl (C=O) groups excluding carboxylic acids is 1. The van der Waals surface area contributed by atoms with Crippen molar-refractivity contribution in [2.45, 2.75) is 25.4 Å². The first-order chi connectivity index (χ1) is 14.1. The molecule has 0 amide bonds. The number of hydrogen-bond acceptors (Lipinski definition) is 10. The number of oxime groups is 2. The van der Waals surface area contributed by atoms with Gasteiger partial charge in [-0.15, -0.1) is 0 Å². The van der Waals surface area contributed by atoms with Crippen LogP contribution in [0.3, 0.4) is 0 Å². The van der Waals surface area contributed by atoms with Crippen LogP contribution in [0.5, 0.6) is 0 Å². The monoisotopic (exact) mass is 417 g/mol. The lowest BCUT2D eigenvalue weighted by atomic mass is 10.0. The summed E-state index contributed by atoms with van der Waals surface area (Å²) in [6.45, 7) is 2.25. The van der Waals surface area contributed by atoms with Crippen molar-refractivity contribution in [1.29, 1.82) is 0 Å². The van der Waals surface area contributed by atoms with E-state index < -0.39 is 5.97 Å². The SMILES string of the molecule is CO/N=C(/C(=O)OC)c1ccccc1CON=CCC1=C(C)SC2N(C)C=NN12. The van der Waals surface area contributed by atoms with Gasteiger partial charge in [-0.1, -0.05) is 46.3 Å². The molecule has 154 valence electrons. The van der Waals surface area contributed by atoms with Crippen molar-refractivity contribution in [1.82, 2.24) is 9.91 Å². The number of allylic oxidation sites excluding steroid dienone is 2. The number of esters is 1. The van der Waals surface area contributed by atoms with Gasteiger partial charge in [-0.25, -0.2) is 9.80 Å². The maximum Gasteiger partial charge on any atom is 0.360 e. The first-order valence-electron chi connectivity index (χ1n) is 8.90. The highest BCUT2D eigenvalue weighted by Crippen LogP contribution is 2.41. The van der Waals surface area contributed by atoms with Gasteiger partial charge in [0, 0.05) is 35.7 Å². The fourth-order valence-electron chi connectivity index (χ4n) is 2.93. The Morgan fingerprint density at radius 3 is 2.90 bits per heavy atom. The van der Waals surface area contributed by atoms with Gasteiger partial charge in [0.15, 0.2) is 11.2 Å². The summed E-state index contributed by atoms with van der Waals surface area (Å²) in [5, 5.41) is 14.3. The number of benzene rings is 1. The molecule has 0 saturated carbocycles. The van der Waals surface area contributed by atoms with E-state index >= 15 is 0 Å². The van der Waals surface area contributed by atoms with Crippen molar-refractivity contribution in [2.75, 3.05) is 21.3 Å². The fourth-order valence-corrected chi connectivity index (χ4v) is 4.06. The number of nitrogens with zero attached hydrogens (tertiary/aromatic N) is 5. The predicted molar refractivity (Wildman–Crippen MR) is 112 cm³/mol. The van der Waals surface area contributed by atoms with Crippen LogP contribution >= 0.6 is 11.8 Å². The van der Waals surface area contributed by atoms with Crippen molar-refractivity contribution in [3.05, 3.63) is 46.0 Å². The maximum atomic E-state index is 12.0. The zero-order valence-corrected chi connectivity index (χ0v) is 17.5. The Hall–Kier alpha value is -3.01. The smallest absolute Gasteiger partial charge is 0.360 e. The van der Waals surface area contributed by atoms with Crippen LogP contribution in [0.25, 0.3) is 0 Å². The highest BCUT2D eigenvalue weighted by Gasteiger charge is 2.35. The maximum absolute atomic E-state index is 12.0. The van der Waals surface area contributed by atoms with Crippen molar-refractivity contribution >= 4 is 36.0 Å². The molecule has 0 spiro atoms. The second-order valence-corrected chi connectivity index (χ2v) is 7.49. The molecule has 1 aromatic rings. The number of hydrogen-bond donors (Lipinski definition) is 0. The average molecular weight is 417 g/mol. The quantitative estimate of drug-likeness (QED) is 0.365. The summed E-state index contributed by atoms with van der Waals surface area (Å²) in [4.78, 5) is 25.5. The summed E-state index contributed by atoms with van der Waals surface area (Å²) in [5.74, 6) is -0.588. The van der Waals surface area contributed by atoms with Crippen LogP contribution in [-0.4, -0.2) is 60.9 Å². The molecule has 2 aliphatic rings. The van der Waals surface area contributed by atoms with Crippen LogP contribution in [-0.2, 0) is 25.8 Å². The molecule has 3 rings (SSSR count). The van der Waals surface area contributed by atoms with E-state index in [-0.39, 0.29) is 17.8 Å². The molecule has 0 aliphatic carbocycles. The van der Waals surface area contributed by atoms with E-state index in [1.807, 2.05) is 30.5 Å². The number of hydrazone groups is 1. The molecule has 0 bridgehead atoms. The number of ether oxygens (including phenoxy) is 1. The van der Waals surface area contributed by atoms with Crippen LogP contribution in [0.15, 0.2) is 50.3 Å². The van der Waals surface area contributed by atoms with Gasteiger partial charge in [-0.3, -0.25) is 0 Å². The highest BCUT2D eigenvalue weighted by molar-refractivity contribution is 8.03. The van der Waals surface area contributed by atoms with Crippen LogP contribution < -0.4 is 0 Å². The second kappa shape index (κ2) is 9.46. The topological polar surface area (TPSA) is 88.3 Å². The number of carbonyl (C=O) groups is 1. The molecule has 0 saturated heterocycles. The number of thioether (sulfide) groups is 1. The molecule has 2 aliphatic heterocycles. The van der Waals surface area contributed by atoms with E-state index in [1.54, 1.807) is 30.1 Å². The Bertz CT molecular complexity index is 883. The normalized spacial score (nSPS) is 18.6. The third-order valence-electron chi connectivity index (χ3n) is 4.37. The van der Waals surface area contributed by atoms with Crippen molar-refractivity contribution < 1.29 is 19.2 Å². The summed E-state index contributed by atoms with van der Waals surface area (Å²) in [6.07, 6.45) is 4.14. The Kier molecular flexibility index (Phi) is 6.76. The summed E-state index contributed by atoms with van der Waals surface area (Å²) in [7, 11) is 4.67. The molecule has 1 atom stereocenters. The van der Waals surface area contributed by atoms with Gasteiger partial charge < -0.3 is 19.3 Å².